The average Bonchev–Trinajstić information content (AvgIpc) is 3.09. The number of hydrogen-bond donors (Lipinski definition) is 2. The van der Waals surface area contributed by atoms with Crippen LogP contribution in [0.1, 0.15) is 31.0 Å². The number of rotatable bonds is 7. The van der Waals surface area contributed by atoms with Gasteiger partial charge in [0.15, 0.2) is 5.65 Å². The maximum Gasteiger partial charge on any atom is 0.328 e. The van der Waals surface area contributed by atoms with Crippen LogP contribution in [0.3, 0.4) is 0 Å². The van der Waals surface area contributed by atoms with Crippen LogP contribution in [0.25, 0.3) is 11.0 Å². The van der Waals surface area contributed by atoms with Crippen LogP contribution in [0.4, 0.5) is 0 Å². The summed E-state index contributed by atoms with van der Waals surface area (Å²) in [4.78, 5) is 29.4. The van der Waals surface area contributed by atoms with Crippen molar-refractivity contribution in [1.29, 1.82) is 0 Å². The van der Waals surface area contributed by atoms with Crippen molar-refractivity contribution in [2.45, 2.75) is 43.7 Å². The van der Waals surface area contributed by atoms with E-state index in [4.69, 9.17) is 4.74 Å². The normalized spacial score (nSPS) is 15.5. The second kappa shape index (κ2) is 8.73. The number of aromatic amines is 1. The molecule has 1 saturated heterocycles. The van der Waals surface area contributed by atoms with Gasteiger partial charge in [0.1, 0.15) is 4.90 Å². The Hall–Kier alpha value is -2.83. The fourth-order valence-corrected chi connectivity index (χ4v) is 4.69. The molecule has 0 saturated carbocycles. The number of hydrogen-bond acceptors (Lipinski definition) is 7. The Bertz CT molecular complexity index is 1300. The van der Waals surface area contributed by atoms with Crippen LogP contribution < -0.4 is 16.0 Å². The molecule has 3 aromatic rings. The number of aryl methyl sites for hydroxylation is 2. The van der Waals surface area contributed by atoms with Crippen LogP contribution in [-0.2, 0) is 21.3 Å². The smallest absolute Gasteiger partial charge is 0.328 e. The third-order valence-corrected chi connectivity index (χ3v) is 6.75. The molecule has 1 aliphatic rings. The van der Waals surface area contributed by atoms with E-state index in [1.54, 1.807) is 6.07 Å². The predicted molar refractivity (Wildman–Crippen MR) is 112 cm³/mol. The molecular weight excluding hydrogens is 424 g/mol. The molecule has 31 heavy (non-hydrogen) atoms. The first-order chi connectivity index (χ1) is 14.8. The SMILES string of the molecule is Cc1nn(C2CCOCC2)c2ncc(S(=O)(=O)NCCCn3ccc(=O)[nH]c3=O)cc12. The third-order valence-electron chi connectivity index (χ3n) is 5.32. The van der Waals surface area contributed by atoms with Gasteiger partial charge in [-0.15, -0.1) is 0 Å². The van der Waals surface area contributed by atoms with E-state index in [-0.39, 0.29) is 24.0 Å². The highest BCUT2D eigenvalue weighted by atomic mass is 32.2. The number of H-pyrrole nitrogens is 1. The maximum absolute atomic E-state index is 12.7. The van der Waals surface area contributed by atoms with Crippen molar-refractivity contribution in [2.75, 3.05) is 19.8 Å². The molecule has 0 bridgehead atoms. The highest BCUT2D eigenvalue weighted by molar-refractivity contribution is 7.89. The predicted octanol–water partition coefficient (Wildman–Crippen LogP) is 0.310. The molecule has 0 atom stereocenters. The summed E-state index contributed by atoms with van der Waals surface area (Å²) >= 11 is 0. The first kappa shape index (κ1) is 21.4. The lowest BCUT2D eigenvalue weighted by atomic mass is 10.1. The molecule has 0 spiro atoms. The van der Waals surface area contributed by atoms with Crippen molar-refractivity contribution in [2.24, 2.45) is 0 Å². The van der Waals surface area contributed by atoms with Gasteiger partial charge in [0.2, 0.25) is 10.0 Å². The molecule has 1 aliphatic heterocycles. The summed E-state index contributed by atoms with van der Waals surface area (Å²) in [6.45, 7) is 3.59. The first-order valence-corrected chi connectivity index (χ1v) is 11.6. The van der Waals surface area contributed by atoms with Gasteiger partial charge < -0.3 is 9.30 Å². The summed E-state index contributed by atoms with van der Waals surface area (Å²) in [6.07, 6.45) is 4.79. The number of sulfonamides is 1. The van der Waals surface area contributed by atoms with E-state index >= 15 is 0 Å². The lowest BCUT2D eigenvalue weighted by Gasteiger charge is -2.22. The summed E-state index contributed by atoms with van der Waals surface area (Å²) in [5.74, 6) is 0. The van der Waals surface area contributed by atoms with Crippen molar-refractivity contribution < 1.29 is 13.2 Å². The molecule has 11 nitrogen and oxygen atoms in total. The Morgan fingerprint density at radius 3 is 2.81 bits per heavy atom. The molecule has 166 valence electrons. The van der Waals surface area contributed by atoms with Crippen LogP contribution in [0, 0.1) is 6.92 Å². The summed E-state index contributed by atoms with van der Waals surface area (Å²) in [7, 11) is -3.77. The Balaban J connectivity index is 1.46. The zero-order valence-electron chi connectivity index (χ0n) is 17.1. The molecular formula is C19H24N6O5S. The van der Waals surface area contributed by atoms with E-state index in [1.807, 2.05) is 11.6 Å². The average molecular weight is 449 g/mol. The number of ether oxygens (including phenoxy) is 1. The fraction of sp³-hybridized carbons (Fsp3) is 0.474. The van der Waals surface area contributed by atoms with Crippen molar-refractivity contribution in [3.63, 3.8) is 0 Å². The molecule has 4 rings (SSSR count). The molecule has 1 fully saturated rings. The molecule has 0 aliphatic carbocycles. The van der Waals surface area contributed by atoms with Gasteiger partial charge in [0.25, 0.3) is 5.56 Å². The first-order valence-electron chi connectivity index (χ1n) is 10.1. The Morgan fingerprint density at radius 2 is 2.06 bits per heavy atom. The summed E-state index contributed by atoms with van der Waals surface area (Å²) < 4.78 is 36.5. The molecule has 0 aromatic carbocycles. The van der Waals surface area contributed by atoms with Crippen molar-refractivity contribution >= 4 is 21.1 Å². The number of fused-ring (bicyclic) bond motifs is 1. The van der Waals surface area contributed by atoms with Gasteiger partial charge in [-0.3, -0.25) is 9.78 Å². The van der Waals surface area contributed by atoms with Gasteiger partial charge in [-0.05, 0) is 32.3 Å². The third kappa shape index (κ3) is 4.60. The van der Waals surface area contributed by atoms with Crippen LogP contribution in [0.2, 0.25) is 0 Å². The van der Waals surface area contributed by atoms with E-state index in [9.17, 15) is 18.0 Å². The lowest BCUT2D eigenvalue weighted by molar-refractivity contribution is 0.0672. The van der Waals surface area contributed by atoms with Gasteiger partial charge in [-0.25, -0.2) is 27.6 Å². The van der Waals surface area contributed by atoms with E-state index in [1.165, 1.54) is 23.0 Å². The van der Waals surface area contributed by atoms with Crippen molar-refractivity contribution in [3.8, 4) is 0 Å². The van der Waals surface area contributed by atoms with E-state index in [0.717, 1.165) is 18.5 Å². The number of nitrogens with one attached hydrogen (secondary N) is 2. The molecule has 0 unspecified atom stereocenters. The van der Waals surface area contributed by atoms with E-state index in [0.29, 0.717) is 30.7 Å². The van der Waals surface area contributed by atoms with Crippen LogP contribution in [0.15, 0.2) is 39.0 Å². The standard InChI is InChI=1S/C19H24N6O5S/c1-13-16-11-15(12-20-18(16)25(23-13)14-4-9-30-10-5-14)31(28,29)21-6-2-7-24-8-3-17(26)22-19(24)27/h3,8,11-12,14,21H,2,4-7,9-10H2,1H3,(H,22,26,27). The molecule has 0 radical (unpaired) electrons. The fourth-order valence-electron chi connectivity index (χ4n) is 3.64. The van der Waals surface area contributed by atoms with Crippen LogP contribution >= 0.6 is 0 Å². The number of nitrogens with zero attached hydrogens (tertiary/aromatic N) is 4. The Labute approximate surface area is 178 Å². The van der Waals surface area contributed by atoms with Crippen LogP contribution in [0.5, 0.6) is 0 Å². The zero-order valence-corrected chi connectivity index (χ0v) is 17.9. The second-order valence-electron chi connectivity index (χ2n) is 7.47. The van der Waals surface area contributed by atoms with E-state index in [2.05, 4.69) is 19.8 Å². The minimum Gasteiger partial charge on any atom is -0.381 e. The second-order valence-corrected chi connectivity index (χ2v) is 9.24. The summed E-state index contributed by atoms with van der Waals surface area (Å²) in [5, 5.41) is 5.29. The largest absolute Gasteiger partial charge is 0.381 e. The summed E-state index contributed by atoms with van der Waals surface area (Å²) in [5.41, 5.74) is 0.395. The molecule has 12 heteroatoms. The highest BCUT2D eigenvalue weighted by Gasteiger charge is 2.22. The van der Waals surface area contributed by atoms with Crippen molar-refractivity contribution in [3.05, 3.63) is 51.1 Å². The minimum absolute atomic E-state index is 0.0656. The quantitative estimate of drug-likeness (QED) is 0.496. The molecule has 2 N–H and O–H groups in total. The monoisotopic (exact) mass is 448 g/mol. The topological polar surface area (TPSA) is 141 Å². The van der Waals surface area contributed by atoms with Crippen molar-refractivity contribution in [1.82, 2.24) is 29.0 Å². The zero-order chi connectivity index (χ0) is 22.0. The number of aromatic nitrogens is 5. The van der Waals surface area contributed by atoms with Gasteiger partial charge in [0.05, 0.1) is 11.7 Å². The highest BCUT2D eigenvalue weighted by Crippen LogP contribution is 2.27. The van der Waals surface area contributed by atoms with Crippen LogP contribution in [-0.4, -0.2) is 52.5 Å². The van der Waals surface area contributed by atoms with Gasteiger partial charge in [-0.2, -0.15) is 5.10 Å². The van der Waals surface area contributed by atoms with Gasteiger partial charge >= 0.3 is 5.69 Å². The number of pyridine rings is 1. The van der Waals surface area contributed by atoms with E-state index < -0.39 is 21.3 Å². The molecule has 0 amide bonds. The molecule has 4 heterocycles. The minimum atomic E-state index is -3.77. The maximum atomic E-state index is 12.7. The van der Waals surface area contributed by atoms with Gasteiger partial charge in [-0.1, -0.05) is 0 Å². The molecule has 3 aromatic heterocycles. The van der Waals surface area contributed by atoms with Gasteiger partial charge in [0, 0.05) is 50.1 Å². The Kier molecular flexibility index (Phi) is 6.03. The Morgan fingerprint density at radius 1 is 1.29 bits per heavy atom. The summed E-state index contributed by atoms with van der Waals surface area (Å²) in [6, 6.07) is 3.03. The lowest BCUT2D eigenvalue weighted by Crippen LogP contribution is -2.30.